The van der Waals surface area contributed by atoms with E-state index in [1.165, 1.54) is 18.4 Å². The summed E-state index contributed by atoms with van der Waals surface area (Å²) < 4.78 is 0. The Morgan fingerprint density at radius 2 is 1.71 bits per heavy atom. The van der Waals surface area contributed by atoms with E-state index < -0.39 is 0 Å². The van der Waals surface area contributed by atoms with E-state index >= 15 is 0 Å². The largest absolute Gasteiger partial charge is 0.354 e. The van der Waals surface area contributed by atoms with Crippen molar-refractivity contribution in [2.24, 2.45) is 5.92 Å². The molecule has 0 aliphatic carbocycles. The van der Waals surface area contributed by atoms with Gasteiger partial charge in [0.15, 0.2) is 0 Å². The van der Waals surface area contributed by atoms with Crippen molar-refractivity contribution in [2.75, 3.05) is 13.1 Å². The maximum absolute atomic E-state index is 12.0. The van der Waals surface area contributed by atoms with Gasteiger partial charge in [-0.25, -0.2) is 0 Å². The fourth-order valence-corrected chi connectivity index (χ4v) is 3.91. The Labute approximate surface area is 143 Å². The molecule has 0 radical (unpaired) electrons. The van der Waals surface area contributed by atoms with Gasteiger partial charge < -0.3 is 16.0 Å². The molecule has 0 aromatic heterocycles. The van der Waals surface area contributed by atoms with Crippen molar-refractivity contribution in [3.05, 3.63) is 35.9 Å². The normalized spacial score (nSPS) is 25.2. The zero-order valence-electron chi connectivity index (χ0n) is 14.1. The quantitative estimate of drug-likeness (QED) is 0.708. The predicted octanol–water partition coefficient (Wildman–Crippen LogP) is 1.38. The molecule has 2 amide bonds. The van der Waals surface area contributed by atoms with E-state index in [0.717, 1.165) is 19.3 Å². The lowest BCUT2D eigenvalue weighted by Crippen LogP contribution is -2.41. The molecule has 2 aliphatic heterocycles. The van der Waals surface area contributed by atoms with Gasteiger partial charge in [-0.3, -0.25) is 9.59 Å². The molecule has 2 saturated heterocycles. The molecule has 24 heavy (non-hydrogen) atoms. The summed E-state index contributed by atoms with van der Waals surface area (Å²) in [6.45, 7) is 0.668. The zero-order valence-corrected chi connectivity index (χ0v) is 14.1. The minimum Gasteiger partial charge on any atom is -0.354 e. The first-order valence-corrected chi connectivity index (χ1v) is 9.02. The Morgan fingerprint density at radius 1 is 1.00 bits per heavy atom. The van der Waals surface area contributed by atoms with Gasteiger partial charge in [-0.05, 0) is 43.6 Å². The smallest absolute Gasteiger partial charge is 0.239 e. The Bertz CT molecular complexity index is 549. The summed E-state index contributed by atoms with van der Waals surface area (Å²) >= 11 is 0. The van der Waals surface area contributed by atoms with E-state index in [-0.39, 0.29) is 18.4 Å². The third-order valence-corrected chi connectivity index (χ3v) is 5.07. The molecule has 2 fully saturated rings. The average molecular weight is 329 g/mol. The number of hydrogen-bond donors (Lipinski definition) is 3. The first kappa shape index (κ1) is 17.0. The highest BCUT2D eigenvalue weighted by atomic mass is 16.2. The van der Waals surface area contributed by atoms with Crippen molar-refractivity contribution in [3.8, 4) is 0 Å². The number of fused-ring (bicyclic) bond motifs is 2. The van der Waals surface area contributed by atoms with Crippen molar-refractivity contribution in [1.29, 1.82) is 0 Å². The van der Waals surface area contributed by atoms with Gasteiger partial charge in [-0.15, -0.1) is 0 Å². The molecule has 0 saturated carbocycles. The second-order valence-corrected chi connectivity index (χ2v) is 7.04. The van der Waals surface area contributed by atoms with Crippen LogP contribution < -0.4 is 16.0 Å². The maximum Gasteiger partial charge on any atom is 0.239 e. The molecule has 3 rings (SSSR count). The zero-order chi connectivity index (χ0) is 16.8. The van der Waals surface area contributed by atoms with Crippen LogP contribution in [0.15, 0.2) is 30.3 Å². The topological polar surface area (TPSA) is 70.2 Å². The minimum absolute atomic E-state index is 0.000454. The SMILES string of the molecule is O=C(CNC(=O)CC1CC2CCC(C1)N2)NCCc1ccccc1. The van der Waals surface area contributed by atoms with Crippen LogP contribution in [-0.2, 0) is 16.0 Å². The molecule has 2 bridgehead atoms. The van der Waals surface area contributed by atoms with E-state index in [9.17, 15) is 9.59 Å². The molecule has 2 aliphatic rings. The number of benzene rings is 1. The lowest BCUT2D eigenvalue weighted by Gasteiger charge is -2.28. The summed E-state index contributed by atoms with van der Waals surface area (Å²) in [5, 5.41) is 9.19. The average Bonchev–Trinajstić information content (AvgIpc) is 2.92. The summed E-state index contributed by atoms with van der Waals surface area (Å²) in [7, 11) is 0. The number of piperidine rings is 1. The number of rotatable bonds is 7. The molecule has 3 N–H and O–H groups in total. The van der Waals surface area contributed by atoms with Crippen molar-refractivity contribution in [2.45, 2.75) is 50.6 Å². The van der Waals surface area contributed by atoms with Crippen molar-refractivity contribution in [1.82, 2.24) is 16.0 Å². The van der Waals surface area contributed by atoms with E-state index in [1.807, 2.05) is 30.3 Å². The fourth-order valence-electron chi connectivity index (χ4n) is 3.91. The Balaban J connectivity index is 1.29. The molecule has 2 atom stereocenters. The molecular formula is C19H27N3O2. The van der Waals surface area contributed by atoms with Gasteiger partial charge in [-0.1, -0.05) is 30.3 Å². The first-order chi connectivity index (χ1) is 11.7. The van der Waals surface area contributed by atoms with Crippen LogP contribution in [0.1, 0.15) is 37.7 Å². The third-order valence-electron chi connectivity index (χ3n) is 5.07. The van der Waals surface area contributed by atoms with Crippen LogP contribution in [0.25, 0.3) is 0 Å². The molecule has 1 aromatic carbocycles. The lowest BCUT2D eigenvalue weighted by atomic mass is 9.89. The van der Waals surface area contributed by atoms with Crippen molar-refractivity contribution in [3.63, 3.8) is 0 Å². The van der Waals surface area contributed by atoms with Crippen LogP contribution in [-0.4, -0.2) is 37.0 Å². The summed E-state index contributed by atoms with van der Waals surface area (Å²) in [5.41, 5.74) is 1.20. The molecule has 2 heterocycles. The van der Waals surface area contributed by atoms with Crippen LogP contribution in [0.2, 0.25) is 0 Å². The highest BCUT2D eigenvalue weighted by Gasteiger charge is 2.34. The number of carbonyl (C=O) groups is 2. The van der Waals surface area contributed by atoms with E-state index in [2.05, 4.69) is 16.0 Å². The van der Waals surface area contributed by atoms with Gasteiger partial charge in [0.05, 0.1) is 6.54 Å². The summed E-state index contributed by atoms with van der Waals surface area (Å²) in [6, 6.07) is 11.2. The molecule has 5 nitrogen and oxygen atoms in total. The minimum atomic E-state index is -0.121. The van der Waals surface area contributed by atoms with E-state index in [1.54, 1.807) is 0 Å². The molecular weight excluding hydrogens is 302 g/mol. The molecule has 130 valence electrons. The van der Waals surface area contributed by atoms with Gasteiger partial charge in [-0.2, -0.15) is 0 Å². The fraction of sp³-hybridized carbons (Fsp3) is 0.579. The summed E-state index contributed by atoms with van der Waals surface area (Å²) in [5.74, 6) is 0.342. The van der Waals surface area contributed by atoms with Gasteiger partial charge >= 0.3 is 0 Å². The van der Waals surface area contributed by atoms with Gasteiger partial charge in [0.25, 0.3) is 0 Å². The third kappa shape index (κ3) is 5.06. The monoisotopic (exact) mass is 329 g/mol. The molecule has 0 spiro atoms. The number of amides is 2. The van der Waals surface area contributed by atoms with Crippen molar-refractivity contribution >= 4 is 11.8 Å². The van der Waals surface area contributed by atoms with Gasteiger partial charge in [0.1, 0.15) is 0 Å². The van der Waals surface area contributed by atoms with Crippen LogP contribution in [0, 0.1) is 5.92 Å². The molecule has 5 heteroatoms. The Morgan fingerprint density at radius 3 is 2.42 bits per heavy atom. The Hall–Kier alpha value is -1.88. The number of nitrogens with one attached hydrogen (secondary N) is 3. The second-order valence-electron chi connectivity index (χ2n) is 7.04. The highest BCUT2D eigenvalue weighted by Crippen LogP contribution is 2.32. The van der Waals surface area contributed by atoms with Crippen LogP contribution in [0.3, 0.4) is 0 Å². The second kappa shape index (κ2) is 8.29. The van der Waals surface area contributed by atoms with Crippen LogP contribution >= 0.6 is 0 Å². The number of carbonyl (C=O) groups excluding carboxylic acids is 2. The van der Waals surface area contributed by atoms with E-state index in [0.29, 0.717) is 31.0 Å². The first-order valence-electron chi connectivity index (χ1n) is 9.02. The molecule has 1 aromatic rings. The van der Waals surface area contributed by atoms with Gasteiger partial charge in [0, 0.05) is 25.0 Å². The van der Waals surface area contributed by atoms with Crippen molar-refractivity contribution < 1.29 is 9.59 Å². The van der Waals surface area contributed by atoms with Crippen LogP contribution in [0.5, 0.6) is 0 Å². The standard InChI is InChI=1S/C19H27N3O2/c23-18(12-15-10-16-6-7-17(11-15)22-16)21-13-19(24)20-9-8-14-4-2-1-3-5-14/h1-5,15-17,22H,6-13H2,(H,20,24)(H,21,23). The molecule has 2 unspecified atom stereocenters. The van der Waals surface area contributed by atoms with Crippen LogP contribution in [0.4, 0.5) is 0 Å². The highest BCUT2D eigenvalue weighted by molar-refractivity contribution is 5.84. The van der Waals surface area contributed by atoms with Gasteiger partial charge in [0.2, 0.25) is 11.8 Å². The maximum atomic E-state index is 12.0. The van der Waals surface area contributed by atoms with E-state index in [4.69, 9.17) is 0 Å². The predicted molar refractivity (Wildman–Crippen MR) is 93.5 cm³/mol. The lowest BCUT2D eigenvalue weighted by molar-refractivity contribution is -0.126. The summed E-state index contributed by atoms with van der Waals surface area (Å²) in [4.78, 5) is 23.8. The number of hydrogen-bond acceptors (Lipinski definition) is 3. The Kier molecular flexibility index (Phi) is 5.86. The summed E-state index contributed by atoms with van der Waals surface area (Å²) in [6.07, 6.45) is 6.02.